The van der Waals surface area contributed by atoms with Crippen LogP contribution in [0.1, 0.15) is 9.67 Å². The SMILES string of the molecule is O=C(O)c1cc(S(=O)(=O)Nc2cccc([N+](=O)[O-])c2)cs1. The van der Waals surface area contributed by atoms with E-state index in [1.165, 1.54) is 23.6 Å². The molecule has 0 aliphatic rings. The second-order valence-corrected chi connectivity index (χ2v) is 6.46. The lowest BCUT2D eigenvalue weighted by molar-refractivity contribution is -0.384. The number of rotatable bonds is 5. The molecule has 0 spiro atoms. The first-order valence-electron chi connectivity index (χ1n) is 5.39. The lowest BCUT2D eigenvalue weighted by Gasteiger charge is -2.05. The molecule has 0 aliphatic heterocycles. The summed E-state index contributed by atoms with van der Waals surface area (Å²) in [6, 6.07) is 6.01. The summed E-state index contributed by atoms with van der Waals surface area (Å²) in [6.45, 7) is 0. The van der Waals surface area contributed by atoms with E-state index < -0.39 is 20.9 Å². The highest BCUT2D eigenvalue weighted by Crippen LogP contribution is 2.24. The Labute approximate surface area is 122 Å². The Balaban J connectivity index is 2.30. The zero-order valence-electron chi connectivity index (χ0n) is 10.2. The van der Waals surface area contributed by atoms with Crippen LogP contribution in [0.15, 0.2) is 40.6 Å². The van der Waals surface area contributed by atoms with E-state index in [0.717, 1.165) is 23.5 Å². The Kier molecular flexibility index (Phi) is 3.91. The van der Waals surface area contributed by atoms with Gasteiger partial charge in [0.2, 0.25) is 0 Å². The number of thiophene rings is 1. The second kappa shape index (κ2) is 5.50. The maximum absolute atomic E-state index is 12.1. The van der Waals surface area contributed by atoms with Crippen molar-refractivity contribution in [1.82, 2.24) is 0 Å². The molecule has 110 valence electrons. The molecule has 0 fully saturated rings. The van der Waals surface area contributed by atoms with Crippen LogP contribution < -0.4 is 4.72 Å². The van der Waals surface area contributed by atoms with Gasteiger partial charge in [-0.3, -0.25) is 14.8 Å². The van der Waals surface area contributed by atoms with E-state index in [2.05, 4.69) is 4.72 Å². The van der Waals surface area contributed by atoms with Crippen molar-refractivity contribution in [2.45, 2.75) is 4.90 Å². The molecule has 1 aromatic carbocycles. The number of nitrogens with one attached hydrogen (secondary N) is 1. The van der Waals surface area contributed by atoms with Gasteiger partial charge < -0.3 is 5.11 Å². The number of non-ortho nitro benzene ring substituents is 1. The van der Waals surface area contributed by atoms with Gasteiger partial charge >= 0.3 is 5.97 Å². The average Bonchev–Trinajstić information content (AvgIpc) is 2.89. The maximum Gasteiger partial charge on any atom is 0.345 e. The Morgan fingerprint density at radius 3 is 2.62 bits per heavy atom. The van der Waals surface area contributed by atoms with Crippen molar-refractivity contribution < 1.29 is 23.2 Å². The van der Waals surface area contributed by atoms with Gasteiger partial charge in [-0.1, -0.05) is 6.07 Å². The van der Waals surface area contributed by atoms with E-state index in [-0.39, 0.29) is 21.1 Å². The van der Waals surface area contributed by atoms with Crippen LogP contribution in [0.25, 0.3) is 0 Å². The molecule has 8 nitrogen and oxygen atoms in total. The zero-order chi connectivity index (χ0) is 15.6. The number of nitrogens with zero attached hydrogens (tertiary/aromatic N) is 1. The largest absolute Gasteiger partial charge is 0.477 e. The lowest BCUT2D eigenvalue weighted by Crippen LogP contribution is -2.12. The van der Waals surface area contributed by atoms with Crippen molar-refractivity contribution >= 4 is 38.7 Å². The molecular formula is C11H8N2O6S2. The van der Waals surface area contributed by atoms with Crippen molar-refractivity contribution in [1.29, 1.82) is 0 Å². The van der Waals surface area contributed by atoms with Crippen molar-refractivity contribution in [2.24, 2.45) is 0 Å². The second-order valence-electron chi connectivity index (χ2n) is 3.86. The number of carboxylic acid groups (broad SMARTS) is 1. The van der Waals surface area contributed by atoms with Crippen molar-refractivity contribution in [3.05, 3.63) is 50.7 Å². The number of benzene rings is 1. The molecule has 0 saturated heterocycles. The number of carboxylic acids is 1. The van der Waals surface area contributed by atoms with Gasteiger partial charge in [-0.05, 0) is 12.1 Å². The first-order chi connectivity index (χ1) is 9.79. The Hall–Kier alpha value is -2.46. The van der Waals surface area contributed by atoms with Gasteiger partial charge in [-0.2, -0.15) is 0 Å². The first-order valence-corrected chi connectivity index (χ1v) is 7.75. The van der Waals surface area contributed by atoms with E-state index in [4.69, 9.17) is 5.11 Å². The van der Waals surface area contributed by atoms with E-state index in [9.17, 15) is 23.3 Å². The number of hydrogen-bond donors (Lipinski definition) is 2. The van der Waals surface area contributed by atoms with Gasteiger partial charge in [-0.15, -0.1) is 11.3 Å². The molecule has 2 N–H and O–H groups in total. The summed E-state index contributed by atoms with van der Waals surface area (Å²) in [7, 11) is -3.99. The molecule has 2 aromatic rings. The molecule has 1 aromatic heterocycles. The van der Waals surface area contributed by atoms with Gasteiger partial charge in [-0.25, -0.2) is 13.2 Å². The molecule has 0 aliphatic carbocycles. The molecule has 21 heavy (non-hydrogen) atoms. The highest BCUT2D eigenvalue weighted by Gasteiger charge is 2.19. The number of aromatic carboxylic acids is 1. The van der Waals surface area contributed by atoms with Gasteiger partial charge in [0.05, 0.1) is 15.5 Å². The number of nitro groups is 1. The van der Waals surface area contributed by atoms with Crippen LogP contribution in [0.4, 0.5) is 11.4 Å². The summed E-state index contributed by atoms with van der Waals surface area (Å²) in [6.07, 6.45) is 0. The number of carbonyl (C=O) groups is 1. The molecule has 1 heterocycles. The summed E-state index contributed by atoms with van der Waals surface area (Å²) >= 11 is 0.776. The number of sulfonamides is 1. The minimum absolute atomic E-state index is 0.0206. The van der Waals surface area contributed by atoms with E-state index >= 15 is 0 Å². The smallest absolute Gasteiger partial charge is 0.345 e. The Morgan fingerprint density at radius 1 is 1.33 bits per heavy atom. The monoisotopic (exact) mass is 328 g/mol. The molecule has 0 bridgehead atoms. The fraction of sp³-hybridized carbons (Fsp3) is 0. The fourth-order valence-electron chi connectivity index (χ4n) is 1.47. The summed E-state index contributed by atoms with van der Waals surface area (Å²) < 4.78 is 26.3. The van der Waals surface area contributed by atoms with Crippen LogP contribution in [0.3, 0.4) is 0 Å². The molecular weight excluding hydrogens is 320 g/mol. The molecule has 0 unspecified atom stereocenters. The third-order valence-electron chi connectivity index (χ3n) is 2.41. The van der Waals surface area contributed by atoms with Crippen LogP contribution in [0.2, 0.25) is 0 Å². The van der Waals surface area contributed by atoms with E-state index in [1.807, 2.05) is 0 Å². The summed E-state index contributed by atoms with van der Waals surface area (Å²) in [5.41, 5.74) is -0.237. The van der Waals surface area contributed by atoms with Crippen LogP contribution >= 0.6 is 11.3 Å². The topological polar surface area (TPSA) is 127 Å². The molecule has 10 heteroatoms. The number of anilines is 1. The van der Waals surface area contributed by atoms with Gasteiger partial charge in [0, 0.05) is 17.5 Å². The van der Waals surface area contributed by atoms with Crippen molar-refractivity contribution in [3.8, 4) is 0 Å². The Bertz CT molecular complexity index is 812. The van der Waals surface area contributed by atoms with Gasteiger partial charge in [0.25, 0.3) is 15.7 Å². The summed E-state index contributed by atoms with van der Waals surface area (Å²) in [5.74, 6) is -1.23. The molecule has 0 saturated carbocycles. The molecule has 0 atom stereocenters. The third-order valence-corrected chi connectivity index (χ3v) is 4.83. The minimum atomic E-state index is -3.99. The van der Waals surface area contributed by atoms with Gasteiger partial charge in [0.15, 0.2) is 0 Å². The van der Waals surface area contributed by atoms with Gasteiger partial charge in [0.1, 0.15) is 4.88 Å². The van der Waals surface area contributed by atoms with Crippen LogP contribution in [0.5, 0.6) is 0 Å². The summed E-state index contributed by atoms with van der Waals surface area (Å²) in [5, 5.41) is 20.6. The quantitative estimate of drug-likeness (QED) is 0.639. The van der Waals surface area contributed by atoms with Crippen molar-refractivity contribution in [3.63, 3.8) is 0 Å². The standard InChI is InChI=1S/C11H8N2O6S2/c14-11(15)10-5-9(6-20-10)21(18,19)12-7-2-1-3-8(4-7)13(16)17/h1-6,12H,(H,14,15). The highest BCUT2D eigenvalue weighted by atomic mass is 32.2. The predicted octanol–water partition coefficient (Wildman–Crippen LogP) is 2.16. The summed E-state index contributed by atoms with van der Waals surface area (Å²) in [4.78, 5) is 20.4. The average molecular weight is 328 g/mol. The van der Waals surface area contributed by atoms with E-state index in [0.29, 0.717) is 0 Å². The van der Waals surface area contributed by atoms with Crippen molar-refractivity contribution in [2.75, 3.05) is 4.72 Å². The van der Waals surface area contributed by atoms with Crippen LogP contribution in [-0.4, -0.2) is 24.4 Å². The zero-order valence-corrected chi connectivity index (χ0v) is 11.8. The normalized spacial score (nSPS) is 11.0. The van der Waals surface area contributed by atoms with Crippen LogP contribution in [0, 0.1) is 10.1 Å². The third kappa shape index (κ3) is 3.35. The number of nitro benzene ring substituents is 1. The fourth-order valence-corrected chi connectivity index (χ4v) is 3.63. The molecule has 0 amide bonds. The highest BCUT2D eigenvalue weighted by molar-refractivity contribution is 7.92. The minimum Gasteiger partial charge on any atom is -0.477 e. The lowest BCUT2D eigenvalue weighted by atomic mass is 10.3. The number of hydrogen-bond acceptors (Lipinski definition) is 6. The molecule has 0 radical (unpaired) electrons. The predicted molar refractivity (Wildman–Crippen MR) is 75.2 cm³/mol. The first kappa shape index (κ1) is 14.9. The molecule has 2 rings (SSSR count). The Morgan fingerprint density at radius 2 is 2.05 bits per heavy atom. The van der Waals surface area contributed by atoms with Crippen LogP contribution in [-0.2, 0) is 10.0 Å². The van der Waals surface area contributed by atoms with E-state index in [1.54, 1.807) is 0 Å². The maximum atomic E-state index is 12.1.